The number of ether oxygens (including phenoxy) is 1. The topological polar surface area (TPSA) is 29.5 Å². The number of anilines is 1. The summed E-state index contributed by atoms with van der Waals surface area (Å²) in [7, 11) is 4.07. The molecule has 0 bridgehead atoms. The molecule has 0 saturated carbocycles. The predicted octanol–water partition coefficient (Wildman–Crippen LogP) is 4.27. The van der Waals surface area contributed by atoms with Crippen molar-refractivity contribution in [3.05, 3.63) is 30.3 Å². The molecule has 0 atom stereocenters. The van der Waals surface area contributed by atoms with Crippen molar-refractivity contribution in [3.63, 3.8) is 0 Å². The first kappa shape index (κ1) is 18.5. The summed E-state index contributed by atoms with van der Waals surface area (Å²) in [6.45, 7) is 3.32. The number of hydrogen-bond acceptors (Lipinski definition) is 3. The van der Waals surface area contributed by atoms with Crippen molar-refractivity contribution in [2.24, 2.45) is 0 Å². The van der Waals surface area contributed by atoms with Gasteiger partial charge in [-0.05, 0) is 18.6 Å². The van der Waals surface area contributed by atoms with E-state index in [1.54, 1.807) is 0 Å². The maximum absolute atomic E-state index is 9.72. The van der Waals surface area contributed by atoms with Crippen LogP contribution >= 0.6 is 0 Å². The maximum atomic E-state index is 9.72. The monoisotopic (exact) mass is 279 g/mol. The molecule has 1 rings (SSSR count). The van der Waals surface area contributed by atoms with Crippen LogP contribution in [0.4, 0.5) is 5.69 Å². The molecule has 3 nitrogen and oxygen atoms in total. The van der Waals surface area contributed by atoms with Crippen LogP contribution < -0.4 is 4.90 Å². The van der Waals surface area contributed by atoms with E-state index >= 15 is 0 Å². The van der Waals surface area contributed by atoms with Crippen LogP contribution in [0.15, 0.2) is 30.3 Å². The first-order chi connectivity index (χ1) is 9.72. The highest BCUT2D eigenvalue weighted by molar-refractivity contribution is 5.43. The largest absolute Gasteiger partial charge is 0.468 e. The molecule has 0 saturated heterocycles. The van der Waals surface area contributed by atoms with E-state index in [1.165, 1.54) is 37.8 Å². The maximum Gasteiger partial charge on any atom is 0.293 e. The third-order valence-electron chi connectivity index (χ3n) is 2.96. The fourth-order valence-electron chi connectivity index (χ4n) is 1.74. The molecular weight excluding hydrogens is 250 g/mol. The van der Waals surface area contributed by atoms with Gasteiger partial charge < -0.3 is 9.64 Å². The molecular formula is C17H29NO2. The molecule has 0 N–H and O–H groups in total. The van der Waals surface area contributed by atoms with Crippen LogP contribution in [0.5, 0.6) is 0 Å². The lowest BCUT2D eigenvalue weighted by molar-refractivity contribution is -0.128. The zero-order chi connectivity index (χ0) is 15.1. The Morgan fingerprint density at radius 3 is 2.10 bits per heavy atom. The number of carbonyl (C=O) groups is 1. The lowest BCUT2D eigenvalue weighted by atomic mass is 10.1. The van der Waals surface area contributed by atoms with Crippen molar-refractivity contribution in [3.8, 4) is 0 Å². The minimum Gasteiger partial charge on any atom is -0.468 e. The molecule has 0 aliphatic rings. The molecule has 0 unspecified atom stereocenters. The smallest absolute Gasteiger partial charge is 0.293 e. The zero-order valence-corrected chi connectivity index (χ0v) is 13.2. The summed E-state index contributed by atoms with van der Waals surface area (Å²) in [4.78, 5) is 11.8. The first-order valence-corrected chi connectivity index (χ1v) is 7.50. The highest BCUT2D eigenvalue weighted by Crippen LogP contribution is 2.07. The summed E-state index contributed by atoms with van der Waals surface area (Å²) in [5, 5.41) is 0. The second-order valence-electron chi connectivity index (χ2n) is 4.96. The third kappa shape index (κ3) is 11.6. The number of hydrogen-bond donors (Lipinski definition) is 0. The zero-order valence-electron chi connectivity index (χ0n) is 13.2. The Labute approximate surface area is 123 Å². The van der Waals surface area contributed by atoms with Crippen LogP contribution in [0.3, 0.4) is 0 Å². The van der Waals surface area contributed by atoms with E-state index in [4.69, 9.17) is 0 Å². The predicted molar refractivity (Wildman–Crippen MR) is 86.2 cm³/mol. The van der Waals surface area contributed by atoms with Crippen LogP contribution in [0.25, 0.3) is 0 Å². The van der Waals surface area contributed by atoms with Gasteiger partial charge in [-0.25, -0.2) is 0 Å². The average Bonchev–Trinajstić information content (AvgIpc) is 2.48. The number of para-hydroxylation sites is 1. The van der Waals surface area contributed by atoms with Gasteiger partial charge in [0.05, 0.1) is 6.61 Å². The molecule has 0 aliphatic carbocycles. The molecule has 0 spiro atoms. The second kappa shape index (κ2) is 13.9. The Balaban J connectivity index is 0.000000367. The van der Waals surface area contributed by atoms with Crippen molar-refractivity contribution < 1.29 is 9.53 Å². The van der Waals surface area contributed by atoms with Gasteiger partial charge in [0.1, 0.15) is 0 Å². The molecule has 0 heterocycles. The highest BCUT2D eigenvalue weighted by atomic mass is 16.5. The van der Waals surface area contributed by atoms with Crippen molar-refractivity contribution in [1.29, 1.82) is 0 Å². The van der Waals surface area contributed by atoms with Gasteiger partial charge >= 0.3 is 0 Å². The Kier molecular flexibility index (Phi) is 12.9. The van der Waals surface area contributed by atoms with Crippen LogP contribution in [-0.4, -0.2) is 27.2 Å². The van der Waals surface area contributed by atoms with E-state index in [-0.39, 0.29) is 0 Å². The molecule has 0 aliphatic heterocycles. The lowest BCUT2D eigenvalue weighted by Crippen LogP contribution is -2.07. The van der Waals surface area contributed by atoms with Crippen molar-refractivity contribution in [1.82, 2.24) is 0 Å². The van der Waals surface area contributed by atoms with E-state index in [2.05, 4.69) is 28.7 Å². The number of rotatable bonds is 9. The van der Waals surface area contributed by atoms with Crippen molar-refractivity contribution in [2.45, 2.75) is 45.4 Å². The Morgan fingerprint density at radius 2 is 1.60 bits per heavy atom. The normalized spacial score (nSPS) is 9.35. The van der Waals surface area contributed by atoms with Crippen LogP contribution in [0, 0.1) is 0 Å². The molecule has 3 heteroatoms. The number of benzene rings is 1. The van der Waals surface area contributed by atoms with Gasteiger partial charge in [-0.3, -0.25) is 4.79 Å². The molecule has 1 aromatic rings. The number of nitrogens with zero attached hydrogens (tertiary/aromatic N) is 1. The summed E-state index contributed by atoms with van der Waals surface area (Å²) in [6, 6.07) is 10.3. The van der Waals surface area contributed by atoms with E-state index in [9.17, 15) is 4.79 Å². The van der Waals surface area contributed by atoms with Gasteiger partial charge in [-0.2, -0.15) is 0 Å². The number of carbonyl (C=O) groups excluding carboxylic acids is 1. The van der Waals surface area contributed by atoms with Gasteiger partial charge in [0.2, 0.25) is 0 Å². The van der Waals surface area contributed by atoms with E-state index in [0.717, 1.165) is 6.42 Å². The van der Waals surface area contributed by atoms with Gasteiger partial charge in [-0.1, -0.05) is 57.2 Å². The van der Waals surface area contributed by atoms with Gasteiger partial charge in [0, 0.05) is 19.8 Å². The Morgan fingerprint density at radius 1 is 1.00 bits per heavy atom. The lowest BCUT2D eigenvalue weighted by Gasteiger charge is -2.10. The standard InChI is InChI=1S/C9H18O2.C8H11N/c1-2-3-4-5-6-7-8-11-9-10;1-9(2)8-6-4-3-5-7-8/h9H,2-8H2,1H3;3-7H,1-2H3. The molecule has 0 radical (unpaired) electrons. The molecule has 0 fully saturated rings. The van der Waals surface area contributed by atoms with Crippen molar-refractivity contribution in [2.75, 3.05) is 25.6 Å². The van der Waals surface area contributed by atoms with E-state index in [0.29, 0.717) is 13.1 Å². The summed E-state index contributed by atoms with van der Waals surface area (Å²) in [6.07, 6.45) is 7.41. The molecule has 0 amide bonds. The van der Waals surface area contributed by atoms with Gasteiger partial charge in [0.25, 0.3) is 6.47 Å². The minimum absolute atomic E-state index is 0.520. The summed E-state index contributed by atoms with van der Waals surface area (Å²) in [5.41, 5.74) is 1.25. The molecule has 20 heavy (non-hydrogen) atoms. The summed E-state index contributed by atoms with van der Waals surface area (Å²) < 4.78 is 4.56. The fraction of sp³-hybridized carbons (Fsp3) is 0.588. The summed E-state index contributed by atoms with van der Waals surface area (Å²) in [5.74, 6) is 0. The molecule has 114 valence electrons. The van der Waals surface area contributed by atoms with Crippen molar-refractivity contribution >= 4 is 12.2 Å². The van der Waals surface area contributed by atoms with Gasteiger partial charge in [0.15, 0.2) is 0 Å². The van der Waals surface area contributed by atoms with E-state index < -0.39 is 0 Å². The number of unbranched alkanes of at least 4 members (excludes halogenated alkanes) is 5. The molecule has 1 aromatic carbocycles. The highest BCUT2D eigenvalue weighted by Gasteiger charge is 1.89. The van der Waals surface area contributed by atoms with Crippen LogP contribution in [0.1, 0.15) is 45.4 Å². The minimum atomic E-state index is 0.520. The van der Waals surface area contributed by atoms with Crippen LogP contribution in [0.2, 0.25) is 0 Å². The Hall–Kier alpha value is -1.51. The molecule has 0 aromatic heterocycles. The van der Waals surface area contributed by atoms with Gasteiger partial charge in [-0.15, -0.1) is 0 Å². The summed E-state index contributed by atoms with van der Waals surface area (Å²) >= 11 is 0. The second-order valence-corrected chi connectivity index (χ2v) is 4.96. The van der Waals surface area contributed by atoms with Crippen LogP contribution in [-0.2, 0) is 9.53 Å². The first-order valence-electron chi connectivity index (χ1n) is 7.50. The fourth-order valence-corrected chi connectivity index (χ4v) is 1.74. The SMILES string of the molecule is CCCCCCCCOC=O.CN(C)c1ccccc1. The third-order valence-corrected chi connectivity index (χ3v) is 2.96. The Bertz CT molecular complexity index is 312. The van der Waals surface area contributed by atoms with E-state index in [1.807, 2.05) is 32.3 Å². The average molecular weight is 279 g/mol. The quantitative estimate of drug-likeness (QED) is 0.499.